The molecule has 0 fully saturated rings. The molecule has 0 unspecified atom stereocenters. The maximum atomic E-state index is 10.8. The van der Waals surface area contributed by atoms with E-state index < -0.39 is 0 Å². The van der Waals surface area contributed by atoms with Crippen LogP contribution in [0.1, 0.15) is 10.4 Å². The van der Waals surface area contributed by atoms with Crippen LogP contribution in [0.2, 0.25) is 5.02 Å². The molecular formula is C11H8ClNO. The van der Waals surface area contributed by atoms with Crippen molar-refractivity contribution in [2.45, 2.75) is 0 Å². The SMILES string of the molecule is O=Cc1ccc(Cl)cc1-n1cccc1. The third kappa shape index (κ3) is 1.56. The van der Waals surface area contributed by atoms with Gasteiger partial charge in [-0.15, -0.1) is 0 Å². The number of aldehydes is 1. The van der Waals surface area contributed by atoms with Gasteiger partial charge in [0.2, 0.25) is 0 Å². The largest absolute Gasteiger partial charge is 0.323 e. The number of hydrogen-bond donors (Lipinski definition) is 0. The fourth-order valence-corrected chi connectivity index (χ4v) is 1.50. The van der Waals surface area contributed by atoms with E-state index in [1.807, 2.05) is 29.1 Å². The lowest BCUT2D eigenvalue weighted by Crippen LogP contribution is -1.95. The fourth-order valence-electron chi connectivity index (χ4n) is 1.34. The molecule has 0 amide bonds. The molecule has 0 aliphatic heterocycles. The molecule has 14 heavy (non-hydrogen) atoms. The molecule has 0 N–H and O–H groups in total. The Morgan fingerprint density at radius 3 is 2.57 bits per heavy atom. The van der Waals surface area contributed by atoms with Crippen molar-refractivity contribution in [3.63, 3.8) is 0 Å². The van der Waals surface area contributed by atoms with Gasteiger partial charge in [-0.2, -0.15) is 0 Å². The summed E-state index contributed by atoms with van der Waals surface area (Å²) in [6.45, 7) is 0. The molecule has 0 radical (unpaired) electrons. The first-order valence-corrected chi connectivity index (χ1v) is 4.57. The van der Waals surface area contributed by atoms with Crippen molar-refractivity contribution in [3.05, 3.63) is 53.3 Å². The Balaban J connectivity index is 2.61. The van der Waals surface area contributed by atoms with Crippen molar-refractivity contribution in [3.8, 4) is 5.69 Å². The Morgan fingerprint density at radius 1 is 1.21 bits per heavy atom. The molecule has 0 aliphatic carbocycles. The predicted molar refractivity (Wildman–Crippen MR) is 56.2 cm³/mol. The second-order valence-corrected chi connectivity index (χ2v) is 3.35. The fraction of sp³-hybridized carbons (Fsp3) is 0. The maximum Gasteiger partial charge on any atom is 0.152 e. The van der Waals surface area contributed by atoms with Gasteiger partial charge in [0.15, 0.2) is 6.29 Å². The molecule has 1 aromatic carbocycles. The first-order chi connectivity index (χ1) is 6.81. The summed E-state index contributed by atoms with van der Waals surface area (Å²) in [5.41, 5.74) is 1.43. The van der Waals surface area contributed by atoms with Gasteiger partial charge in [0.1, 0.15) is 0 Å². The van der Waals surface area contributed by atoms with E-state index in [0.29, 0.717) is 10.6 Å². The quantitative estimate of drug-likeness (QED) is 0.691. The van der Waals surface area contributed by atoms with Crippen LogP contribution >= 0.6 is 11.6 Å². The number of aromatic nitrogens is 1. The summed E-state index contributed by atoms with van der Waals surface area (Å²) >= 11 is 5.86. The molecule has 1 aromatic heterocycles. The smallest absolute Gasteiger partial charge is 0.152 e. The van der Waals surface area contributed by atoms with Gasteiger partial charge < -0.3 is 4.57 Å². The highest BCUT2D eigenvalue weighted by Gasteiger charge is 2.03. The number of rotatable bonds is 2. The Kier molecular flexibility index (Phi) is 2.37. The van der Waals surface area contributed by atoms with Crippen molar-refractivity contribution in [2.75, 3.05) is 0 Å². The highest BCUT2D eigenvalue weighted by molar-refractivity contribution is 6.30. The first kappa shape index (κ1) is 9.03. The van der Waals surface area contributed by atoms with Gasteiger partial charge in [-0.25, -0.2) is 0 Å². The van der Waals surface area contributed by atoms with Gasteiger partial charge in [-0.1, -0.05) is 11.6 Å². The zero-order valence-corrected chi connectivity index (χ0v) is 8.11. The lowest BCUT2D eigenvalue weighted by atomic mass is 10.2. The van der Waals surface area contributed by atoms with Crippen LogP contribution in [0.15, 0.2) is 42.7 Å². The van der Waals surface area contributed by atoms with Crippen LogP contribution in [0.5, 0.6) is 0 Å². The molecule has 2 nitrogen and oxygen atoms in total. The number of carbonyl (C=O) groups excluding carboxylic acids is 1. The van der Waals surface area contributed by atoms with Gasteiger partial charge in [0, 0.05) is 23.0 Å². The molecular weight excluding hydrogens is 198 g/mol. The summed E-state index contributed by atoms with van der Waals surface area (Å²) in [6.07, 6.45) is 4.57. The number of halogens is 1. The average Bonchev–Trinajstić information content (AvgIpc) is 2.70. The summed E-state index contributed by atoms with van der Waals surface area (Å²) < 4.78 is 1.86. The highest BCUT2D eigenvalue weighted by atomic mass is 35.5. The van der Waals surface area contributed by atoms with Gasteiger partial charge >= 0.3 is 0 Å². The van der Waals surface area contributed by atoms with E-state index >= 15 is 0 Å². The Bertz CT molecular complexity index is 448. The third-order valence-electron chi connectivity index (χ3n) is 2.00. The lowest BCUT2D eigenvalue weighted by molar-refractivity contribution is 0.112. The molecule has 0 saturated carbocycles. The second-order valence-electron chi connectivity index (χ2n) is 2.91. The van der Waals surface area contributed by atoms with Crippen molar-refractivity contribution in [1.82, 2.24) is 4.57 Å². The third-order valence-corrected chi connectivity index (χ3v) is 2.24. The van der Waals surface area contributed by atoms with Gasteiger partial charge in [0.05, 0.1) is 5.69 Å². The highest BCUT2D eigenvalue weighted by Crippen LogP contribution is 2.18. The summed E-state index contributed by atoms with van der Waals surface area (Å²) in [4.78, 5) is 10.8. The van der Waals surface area contributed by atoms with E-state index in [9.17, 15) is 4.79 Å². The molecule has 1 heterocycles. The Labute approximate surface area is 86.7 Å². The van der Waals surface area contributed by atoms with Crippen LogP contribution in [0.3, 0.4) is 0 Å². The minimum atomic E-state index is 0.624. The minimum Gasteiger partial charge on any atom is -0.323 e. The van der Waals surface area contributed by atoms with E-state index in [0.717, 1.165) is 12.0 Å². The summed E-state index contributed by atoms with van der Waals surface area (Å²) in [5.74, 6) is 0. The van der Waals surface area contributed by atoms with Crippen LogP contribution in [-0.2, 0) is 0 Å². The van der Waals surface area contributed by atoms with Crippen molar-refractivity contribution >= 4 is 17.9 Å². The molecule has 0 atom stereocenters. The first-order valence-electron chi connectivity index (χ1n) is 4.19. The van der Waals surface area contributed by atoms with Crippen molar-refractivity contribution in [2.24, 2.45) is 0 Å². The van der Waals surface area contributed by atoms with E-state index in [1.54, 1.807) is 18.2 Å². The van der Waals surface area contributed by atoms with Crippen LogP contribution in [0.25, 0.3) is 5.69 Å². The number of hydrogen-bond acceptors (Lipinski definition) is 1. The number of benzene rings is 1. The van der Waals surface area contributed by atoms with Gasteiger partial charge in [-0.3, -0.25) is 4.79 Å². The Morgan fingerprint density at radius 2 is 1.93 bits per heavy atom. The van der Waals surface area contributed by atoms with Crippen LogP contribution in [0.4, 0.5) is 0 Å². The average molecular weight is 206 g/mol. The zero-order chi connectivity index (χ0) is 9.97. The molecule has 0 saturated heterocycles. The molecule has 0 spiro atoms. The maximum absolute atomic E-state index is 10.8. The molecule has 0 bridgehead atoms. The topological polar surface area (TPSA) is 22.0 Å². The summed E-state index contributed by atoms with van der Waals surface area (Å²) in [5, 5.41) is 0.624. The van der Waals surface area contributed by atoms with E-state index in [-0.39, 0.29) is 0 Å². The number of nitrogens with zero attached hydrogens (tertiary/aromatic N) is 1. The number of carbonyl (C=O) groups is 1. The monoisotopic (exact) mass is 205 g/mol. The molecule has 3 heteroatoms. The molecule has 0 aliphatic rings. The van der Waals surface area contributed by atoms with Crippen LogP contribution < -0.4 is 0 Å². The minimum absolute atomic E-state index is 0.624. The van der Waals surface area contributed by atoms with Crippen molar-refractivity contribution in [1.29, 1.82) is 0 Å². The second kappa shape index (κ2) is 3.68. The zero-order valence-electron chi connectivity index (χ0n) is 7.35. The Hall–Kier alpha value is -1.54. The van der Waals surface area contributed by atoms with Crippen molar-refractivity contribution < 1.29 is 4.79 Å². The summed E-state index contributed by atoms with van der Waals surface area (Å²) in [7, 11) is 0. The van der Waals surface area contributed by atoms with Crippen LogP contribution in [-0.4, -0.2) is 10.9 Å². The predicted octanol–water partition coefficient (Wildman–Crippen LogP) is 2.94. The van der Waals surface area contributed by atoms with E-state index in [4.69, 9.17) is 11.6 Å². The molecule has 70 valence electrons. The normalized spacial score (nSPS) is 10.1. The molecule has 2 aromatic rings. The van der Waals surface area contributed by atoms with Gasteiger partial charge in [0.25, 0.3) is 0 Å². The lowest BCUT2D eigenvalue weighted by Gasteiger charge is -2.06. The van der Waals surface area contributed by atoms with E-state index in [1.165, 1.54) is 0 Å². The summed E-state index contributed by atoms with van der Waals surface area (Å²) in [6, 6.07) is 8.99. The van der Waals surface area contributed by atoms with Crippen LogP contribution in [0, 0.1) is 0 Å². The van der Waals surface area contributed by atoms with Gasteiger partial charge in [-0.05, 0) is 30.3 Å². The van der Waals surface area contributed by atoms with E-state index in [2.05, 4.69) is 0 Å². The standard InChI is InChI=1S/C11H8ClNO/c12-10-4-3-9(8-14)11(7-10)13-5-1-2-6-13/h1-8H. The molecule has 2 rings (SSSR count).